The highest BCUT2D eigenvalue weighted by Crippen LogP contribution is 2.33. The topological polar surface area (TPSA) is 58.1 Å². The zero-order valence-electron chi connectivity index (χ0n) is 16.0. The molecule has 1 amide bonds. The van der Waals surface area contributed by atoms with Gasteiger partial charge in [-0.15, -0.1) is 0 Å². The first-order valence-electron chi connectivity index (χ1n) is 9.54. The van der Waals surface area contributed by atoms with Gasteiger partial charge in [0.05, 0.1) is 11.2 Å². The number of hydrogen-bond acceptors (Lipinski definition) is 4. The van der Waals surface area contributed by atoms with Gasteiger partial charge in [0.25, 0.3) is 0 Å². The largest absolute Gasteiger partial charge is 0.339 e. The van der Waals surface area contributed by atoms with Crippen molar-refractivity contribution in [1.29, 1.82) is 0 Å². The van der Waals surface area contributed by atoms with Crippen LogP contribution in [0.4, 0.5) is 20.3 Å². The van der Waals surface area contributed by atoms with E-state index in [9.17, 15) is 13.6 Å². The van der Waals surface area contributed by atoms with E-state index in [-0.39, 0.29) is 17.5 Å². The molecule has 0 aliphatic carbocycles. The fraction of sp³-hybridized carbons (Fsp3) is 0.227. The summed E-state index contributed by atoms with van der Waals surface area (Å²) in [5.74, 6) is -1.24. The van der Waals surface area contributed by atoms with Gasteiger partial charge in [-0.3, -0.25) is 4.79 Å². The summed E-state index contributed by atoms with van der Waals surface area (Å²) in [6, 6.07) is 8.18. The Labute approximate surface area is 177 Å². The van der Waals surface area contributed by atoms with E-state index in [1.165, 1.54) is 18.5 Å². The number of nitrogens with zero attached hydrogens (tertiary/aromatic N) is 3. The summed E-state index contributed by atoms with van der Waals surface area (Å²) < 4.78 is 27.8. The average molecular weight is 429 g/mol. The maximum atomic E-state index is 14.3. The molecule has 2 heterocycles. The molecule has 0 unspecified atom stereocenters. The predicted molar refractivity (Wildman–Crippen MR) is 113 cm³/mol. The van der Waals surface area contributed by atoms with Crippen LogP contribution >= 0.6 is 11.6 Å². The first kappa shape index (κ1) is 20.2. The fourth-order valence-corrected chi connectivity index (χ4v) is 3.92. The summed E-state index contributed by atoms with van der Waals surface area (Å²) in [6.07, 6.45) is 4.56. The summed E-state index contributed by atoms with van der Waals surface area (Å²) in [4.78, 5) is 22.3. The number of aromatic nitrogens is 2. The molecule has 0 saturated carbocycles. The van der Waals surface area contributed by atoms with Gasteiger partial charge in [0, 0.05) is 24.4 Å². The van der Waals surface area contributed by atoms with Gasteiger partial charge in [0.15, 0.2) is 5.82 Å². The maximum Gasteiger partial charge on any atom is 0.245 e. The Morgan fingerprint density at radius 2 is 2.10 bits per heavy atom. The Balaban J connectivity index is 1.68. The van der Waals surface area contributed by atoms with Crippen molar-refractivity contribution in [3.63, 3.8) is 0 Å². The molecule has 3 aromatic rings. The van der Waals surface area contributed by atoms with E-state index in [0.29, 0.717) is 23.3 Å². The van der Waals surface area contributed by atoms with Gasteiger partial charge in [-0.25, -0.2) is 18.7 Å². The quantitative estimate of drug-likeness (QED) is 0.458. The number of benzene rings is 2. The number of hydrogen-bond donors (Lipinski definition) is 1. The molecular weight excluding hydrogens is 410 g/mol. The number of halogens is 3. The fourth-order valence-electron chi connectivity index (χ4n) is 3.76. The molecule has 1 aliphatic heterocycles. The summed E-state index contributed by atoms with van der Waals surface area (Å²) in [5, 5.41) is 3.02. The number of rotatable bonds is 4. The summed E-state index contributed by atoms with van der Waals surface area (Å²) in [7, 11) is 0. The molecule has 0 spiro atoms. The Bertz CT molecular complexity index is 1140. The van der Waals surface area contributed by atoms with Crippen LogP contribution in [0.25, 0.3) is 10.9 Å². The lowest BCUT2D eigenvalue weighted by Crippen LogP contribution is -2.38. The number of carbonyl (C=O) groups is 1. The van der Waals surface area contributed by atoms with E-state index >= 15 is 0 Å². The molecule has 1 saturated heterocycles. The Kier molecular flexibility index (Phi) is 5.63. The molecule has 5 nitrogen and oxygen atoms in total. The number of piperidine rings is 1. The van der Waals surface area contributed by atoms with Crippen molar-refractivity contribution < 1.29 is 13.6 Å². The highest BCUT2D eigenvalue weighted by Gasteiger charge is 2.24. The molecule has 1 atom stereocenters. The maximum absolute atomic E-state index is 14.3. The Morgan fingerprint density at radius 3 is 2.90 bits per heavy atom. The van der Waals surface area contributed by atoms with E-state index in [2.05, 4.69) is 21.9 Å². The van der Waals surface area contributed by atoms with Crippen LogP contribution in [0.2, 0.25) is 5.02 Å². The number of nitrogens with one attached hydrogen (secondary N) is 1. The van der Waals surface area contributed by atoms with Gasteiger partial charge >= 0.3 is 0 Å². The van der Waals surface area contributed by atoms with E-state index in [1.54, 1.807) is 4.90 Å². The molecular formula is C22H19ClF2N4O. The molecule has 1 aliphatic rings. The van der Waals surface area contributed by atoms with Crippen LogP contribution in [0, 0.1) is 11.6 Å². The van der Waals surface area contributed by atoms with Crippen molar-refractivity contribution in [3.8, 4) is 0 Å². The normalized spacial score (nSPS) is 16.5. The van der Waals surface area contributed by atoms with Gasteiger partial charge in [-0.2, -0.15) is 0 Å². The van der Waals surface area contributed by atoms with Crippen molar-refractivity contribution in [2.75, 3.05) is 18.4 Å². The highest BCUT2D eigenvalue weighted by atomic mass is 35.5. The first-order chi connectivity index (χ1) is 14.5. The number of likely N-dealkylation sites (tertiary alicyclic amines) is 1. The molecule has 0 bridgehead atoms. The van der Waals surface area contributed by atoms with Crippen LogP contribution in [0.1, 0.15) is 24.3 Å². The van der Waals surface area contributed by atoms with Crippen LogP contribution in [-0.4, -0.2) is 33.9 Å². The lowest BCUT2D eigenvalue weighted by molar-refractivity contribution is -0.127. The Hall–Kier alpha value is -3.06. The van der Waals surface area contributed by atoms with E-state index in [4.69, 9.17) is 11.6 Å². The molecule has 1 fully saturated rings. The molecule has 1 N–H and O–H groups in total. The zero-order valence-corrected chi connectivity index (χ0v) is 16.8. The van der Waals surface area contributed by atoms with Crippen LogP contribution < -0.4 is 5.32 Å². The monoisotopic (exact) mass is 428 g/mol. The van der Waals surface area contributed by atoms with Gasteiger partial charge in [-0.1, -0.05) is 24.2 Å². The van der Waals surface area contributed by atoms with E-state index < -0.39 is 16.7 Å². The predicted octanol–water partition coefficient (Wildman–Crippen LogP) is 5.20. The van der Waals surface area contributed by atoms with Crippen molar-refractivity contribution in [2.24, 2.45) is 0 Å². The number of fused-ring (bicyclic) bond motifs is 1. The van der Waals surface area contributed by atoms with Crippen molar-refractivity contribution in [2.45, 2.75) is 18.8 Å². The van der Waals surface area contributed by atoms with Crippen LogP contribution in [0.15, 0.2) is 49.3 Å². The highest BCUT2D eigenvalue weighted by molar-refractivity contribution is 6.31. The van der Waals surface area contributed by atoms with Gasteiger partial charge in [0.2, 0.25) is 5.91 Å². The molecule has 30 heavy (non-hydrogen) atoms. The van der Waals surface area contributed by atoms with E-state index in [0.717, 1.165) is 31.0 Å². The number of amides is 1. The number of anilines is 2. The van der Waals surface area contributed by atoms with Gasteiger partial charge in [0.1, 0.15) is 23.0 Å². The minimum absolute atomic E-state index is 0.0206. The second-order valence-electron chi connectivity index (χ2n) is 7.17. The van der Waals surface area contributed by atoms with Gasteiger partial charge in [-0.05, 0) is 48.7 Å². The van der Waals surface area contributed by atoms with Crippen molar-refractivity contribution in [1.82, 2.24) is 14.9 Å². The number of carbonyl (C=O) groups excluding carboxylic acids is 1. The third kappa shape index (κ3) is 3.85. The summed E-state index contributed by atoms with van der Waals surface area (Å²) in [6.45, 7) is 4.89. The lowest BCUT2D eigenvalue weighted by atomic mass is 9.90. The van der Waals surface area contributed by atoms with Gasteiger partial charge < -0.3 is 10.2 Å². The van der Waals surface area contributed by atoms with Crippen molar-refractivity contribution >= 4 is 39.9 Å². The molecule has 0 radical (unpaired) electrons. The smallest absolute Gasteiger partial charge is 0.245 e. The minimum Gasteiger partial charge on any atom is -0.339 e. The molecule has 2 aromatic carbocycles. The van der Waals surface area contributed by atoms with Crippen LogP contribution in [0.5, 0.6) is 0 Å². The zero-order chi connectivity index (χ0) is 21.3. The minimum atomic E-state index is -0.884. The first-order valence-corrected chi connectivity index (χ1v) is 9.92. The summed E-state index contributed by atoms with van der Waals surface area (Å²) in [5.41, 5.74) is 1.74. The molecule has 4 rings (SSSR count). The summed E-state index contributed by atoms with van der Waals surface area (Å²) >= 11 is 5.68. The van der Waals surface area contributed by atoms with Crippen LogP contribution in [0.3, 0.4) is 0 Å². The standard InChI is InChI=1S/C22H19ClF2N4O/c1-2-19(30)29-9-3-4-14(11-29)13-5-7-17-15(10-13)22(27-12-26-17)28-18-8-6-16(24)20(23)21(18)25/h2,5-8,10,12,14H,1,3-4,9,11H2,(H,26,27,28)/t14-/m1/s1. The lowest BCUT2D eigenvalue weighted by Gasteiger charge is -2.32. The molecule has 8 heteroatoms. The van der Waals surface area contributed by atoms with E-state index in [1.807, 2.05) is 18.2 Å². The van der Waals surface area contributed by atoms with Crippen molar-refractivity contribution in [3.05, 3.63) is 71.5 Å². The SMILES string of the molecule is C=CC(=O)N1CCC[C@@H](c2ccc3ncnc(Nc4ccc(F)c(Cl)c4F)c3c2)C1. The average Bonchev–Trinajstić information content (AvgIpc) is 2.79. The molecule has 154 valence electrons. The third-order valence-corrected chi connectivity index (χ3v) is 5.67. The Morgan fingerprint density at radius 1 is 1.27 bits per heavy atom. The third-order valence-electron chi connectivity index (χ3n) is 5.33. The second kappa shape index (κ2) is 8.36. The second-order valence-corrected chi connectivity index (χ2v) is 7.55. The molecule has 1 aromatic heterocycles. The van der Waals surface area contributed by atoms with Crippen LogP contribution in [-0.2, 0) is 4.79 Å².